The zero-order valence-corrected chi connectivity index (χ0v) is 16.8. The molecule has 9 heteroatoms. The fraction of sp³-hybridized carbons (Fsp3) is 0.429. The van der Waals surface area contributed by atoms with Crippen LogP contribution >= 0.6 is 0 Å². The van der Waals surface area contributed by atoms with Gasteiger partial charge in [0.15, 0.2) is 0 Å². The summed E-state index contributed by atoms with van der Waals surface area (Å²) in [5.41, 5.74) is 1.06. The van der Waals surface area contributed by atoms with Crippen LogP contribution in [0.25, 0.3) is 11.1 Å². The van der Waals surface area contributed by atoms with Crippen LogP contribution < -0.4 is 5.32 Å². The molecule has 1 saturated heterocycles. The minimum absolute atomic E-state index is 0.0784. The number of fused-ring (bicyclic) bond motifs is 1. The highest BCUT2D eigenvalue weighted by atomic mass is 19.1. The molecule has 0 aliphatic carbocycles. The smallest absolute Gasteiger partial charge is 0.361 e. The molecule has 1 aromatic carbocycles. The molecule has 0 amide bonds. The number of rotatable bonds is 7. The first-order valence-electron chi connectivity index (χ1n) is 10.1. The van der Waals surface area contributed by atoms with Crippen molar-refractivity contribution in [2.24, 2.45) is 5.92 Å². The van der Waals surface area contributed by atoms with E-state index in [4.69, 9.17) is 9.26 Å². The zero-order valence-electron chi connectivity index (χ0n) is 16.8. The second-order valence-electron chi connectivity index (χ2n) is 7.35. The molecule has 0 bridgehead atoms. The van der Waals surface area contributed by atoms with Crippen molar-refractivity contribution >= 4 is 22.9 Å². The van der Waals surface area contributed by atoms with E-state index >= 15 is 0 Å². The molecule has 8 nitrogen and oxygen atoms in total. The van der Waals surface area contributed by atoms with Gasteiger partial charge in [0.25, 0.3) is 5.71 Å². The van der Waals surface area contributed by atoms with Gasteiger partial charge in [-0.05, 0) is 44.8 Å². The van der Waals surface area contributed by atoms with Gasteiger partial charge in [-0.15, -0.1) is 0 Å². The number of benzene rings is 1. The summed E-state index contributed by atoms with van der Waals surface area (Å²) in [4.78, 5) is 22.7. The van der Waals surface area contributed by atoms with Gasteiger partial charge in [0.1, 0.15) is 23.3 Å². The first-order chi connectivity index (χ1) is 14.7. The Balaban J connectivity index is 1.36. The lowest BCUT2D eigenvalue weighted by atomic mass is 9.96. The standard InChI is InChI=1S/C21H24FN5O3/c1-2-29-21(28)18-17-19(24-13-25-20(17)30-26-18)23-11-14-7-9-27(10-8-14)12-15-5-3-4-6-16(15)22/h3-6,13-14H,2,7-12H2,1H3,(H,23,24,25). The van der Waals surface area contributed by atoms with Crippen LogP contribution in [0.5, 0.6) is 0 Å². The van der Waals surface area contributed by atoms with Crippen molar-refractivity contribution in [3.05, 3.63) is 47.7 Å². The largest absolute Gasteiger partial charge is 0.461 e. The minimum atomic E-state index is -0.560. The van der Waals surface area contributed by atoms with Crippen molar-refractivity contribution in [3.8, 4) is 0 Å². The van der Waals surface area contributed by atoms with Crippen LogP contribution in [-0.2, 0) is 11.3 Å². The average Bonchev–Trinajstić information content (AvgIpc) is 3.20. The number of nitrogens with zero attached hydrogens (tertiary/aromatic N) is 4. The molecule has 1 aliphatic heterocycles. The number of likely N-dealkylation sites (tertiary alicyclic amines) is 1. The van der Waals surface area contributed by atoms with E-state index in [1.165, 1.54) is 12.4 Å². The highest BCUT2D eigenvalue weighted by Gasteiger charge is 2.24. The van der Waals surface area contributed by atoms with Crippen LogP contribution in [0.15, 0.2) is 35.1 Å². The fourth-order valence-corrected chi connectivity index (χ4v) is 3.72. The van der Waals surface area contributed by atoms with Gasteiger partial charge in [-0.25, -0.2) is 14.2 Å². The molecule has 3 heterocycles. The number of ether oxygens (including phenoxy) is 1. The molecular weight excluding hydrogens is 389 g/mol. The SMILES string of the molecule is CCOC(=O)c1noc2ncnc(NCC3CCN(Cc4ccccc4F)CC3)c12. The topological polar surface area (TPSA) is 93.4 Å². The molecular formula is C21H24FN5O3. The predicted molar refractivity (Wildman–Crippen MR) is 108 cm³/mol. The van der Waals surface area contributed by atoms with Crippen molar-refractivity contribution in [3.63, 3.8) is 0 Å². The Kier molecular flexibility index (Phi) is 6.18. The molecule has 0 unspecified atom stereocenters. The van der Waals surface area contributed by atoms with E-state index in [-0.39, 0.29) is 23.8 Å². The summed E-state index contributed by atoms with van der Waals surface area (Å²) in [5.74, 6) is 0.242. The van der Waals surface area contributed by atoms with Crippen molar-refractivity contribution in [2.45, 2.75) is 26.3 Å². The molecule has 30 heavy (non-hydrogen) atoms. The van der Waals surface area contributed by atoms with Gasteiger partial charge in [-0.3, -0.25) is 4.90 Å². The summed E-state index contributed by atoms with van der Waals surface area (Å²) >= 11 is 0. The Morgan fingerprint density at radius 3 is 2.87 bits per heavy atom. The molecule has 2 aromatic heterocycles. The Bertz CT molecular complexity index is 1020. The molecule has 3 aromatic rings. The van der Waals surface area contributed by atoms with E-state index < -0.39 is 5.97 Å². The normalized spacial score (nSPS) is 15.4. The number of anilines is 1. The lowest BCUT2D eigenvalue weighted by Gasteiger charge is -2.32. The quantitative estimate of drug-likeness (QED) is 0.590. The number of hydrogen-bond donors (Lipinski definition) is 1. The van der Waals surface area contributed by atoms with Gasteiger partial charge >= 0.3 is 5.97 Å². The molecule has 1 fully saturated rings. The molecule has 1 N–H and O–H groups in total. The van der Waals surface area contributed by atoms with Crippen molar-refractivity contribution in [1.29, 1.82) is 0 Å². The van der Waals surface area contributed by atoms with Crippen LogP contribution in [0.1, 0.15) is 35.8 Å². The van der Waals surface area contributed by atoms with E-state index in [1.54, 1.807) is 13.0 Å². The van der Waals surface area contributed by atoms with E-state index in [9.17, 15) is 9.18 Å². The molecule has 0 saturated carbocycles. The Labute approximate surface area is 173 Å². The van der Waals surface area contributed by atoms with E-state index in [0.717, 1.165) is 31.5 Å². The van der Waals surface area contributed by atoms with Crippen LogP contribution in [-0.4, -0.2) is 52.2 Å². The number of hydrogen-bond acceptors (Lipinski definition) is 8. The number of nitrogens with one attached hydrogen (secondary N) is 1. The van der Waals surface area contributed by atoms with Crippen molar-refractivity contribution in [2.75, 3.05) is 31.6 Å². The lowest BCUT2D eigenvalue weighted by Crippen LogP contribution is -2.35. The maximum Gasteiger partial charge on any atom is 0.361 e. The third-order valence-corrected chi connectivity index (χ3v) is 5.36. The summed E-state index contributed by atoms with van der Waals surface area (Å²) in [7, 11) is 0. The average molecular weight is 413 g/mol. The molecule has 1 aliphatic rings. The zero-order chi connectivity index (χ0) is 20.9. The number of carbonyl (C=O) groups excluding carboxylic acids is 1. The fourth-order valence-electron chi connectivity index (χ4n) is 3.72. The monoisotopic (exact) mass is 413 g/mol. The van der Waals surface area contributed by atoms with Gasteiger partial charge in [-0.2, -0.15) is 4.98 Å². The third kappa shape index (κ3) is 4.40. The van der Waals surface area contributed by atoms with Crippen LogP contribution in [0.3, 0.4) is 0 Å². The molecule has 4 rings (SSSR count). The summed E-state index contributed by atoms with van der Waals surface area (Å²) < 4.78 is 24.1. The minimum Gasteiger partial charge on any atom is -0.461 e. The Hall–Kier alpha value is -3.07. The summed E-state index contributed by atoms with van der Waals surface area (Å²) in [6.07, 6.45) is 3.36. The molecule has 0 spiro atoms. The molecule has 0 radical (unpaired) electrons. The van der Waals surface area contributed by atoms with Crippen molar-refractivity contribution in [1.82, 2.24) is 20.0 Å². The Morgan fingerprint density at radius 1 is 1.30 bits per heavy atom. The van der Waals surface area contributed by atoms with Crippen LogP contribution in [0.2, 0.25) is 0 Å². The third-order valence-electron chi connectivity index (χ3n) is 5.36. The lowest BCUT2D eigenvalue weighted by molar-refractivity contribution is 0.0517. The van der Waals surface area contributed by atoms with Gasteiger partial charge in [-0.1, -0.05) is 23.4 Å². The first-order valence-corrected chi connectivity index (χ1v) is 10.1. The number of esters is 1. The van der Waals surface area contributed by atoms with Crippen molar-refractivity contribution < 1.29 is 18.4 Å². The number of carbonyl (C=O) groups is 1. The summed E-state index contributed by atoms with van der Waals surface area (Å²) in [6, 6.07) is 6.92. The molecule has 0 atom stereocenters. The predicted octanol–water partition coefficient (Wildman–Crippen LogP) is 3.26. The van der Waals surface area contributed by atoms with E-state index in [0.29, 0.717) is 30.2 Å². The van der Waals surface area contributed by atoms with E-state index in [1.807, 2.05) is 12.1 Å². The number of aromatic nitrogens is 3. The Morgan fingerprint density at radius 2 is 2.10 bits per heavy atom. The van der Waals surface area contributed by atoms with Crippen LogP contribution in [0.4, 0.5) is 10.2 Å². The summed E-state index contributed by atoms with van der Waals surface area (Å²) in [6.45, 7) is 5.11. The van der Waals surface area contributed by atoms with Gasteiger partial charge < -0.3 is 14.6 Å². The maximum absolute atomic E-state index is 13.9. The summed E-state index contributed by atoms with van der Waals surface area (Å²) in [5, 5.41) is 7.55. The van der Waals surface area contributed by atoms with Gasteiger partial charge in [0.05, 0.1) is 6.61 Å². The molecule has 158 valence electrons. The maximum atomic E-state index is 13.9. The van der Waals surface area contributed by atoms with Gasteiger partial charge in [0.2, 0.25) is 5.69 Å². The number of piperidine rings is 1. The second-order valence-corrected chi connectivity index (χ2v) is 7.35. The first kappa shape index (κ1) is 20.2. The second kappa shape index (κ2) is 9.17. The van der Waals surface area contributed by atoms with Crippen LogP contribution in [0, 0.1) is 11.7 Å². The highest BCUT2D eigenvalue weighted by Crippen LogP contribution is 2.26. The number of halogens is 1. The highest BCUT2D eigenvalue weighted by molar-refractivity contribution is 6.04. The van der Waals surface area contributed by atoms with E-state index in [2.05, 4.69) is 25.3 Å². The van der Waals surface area contributed by atoms with Gasteiger partial charge in [0, 0.05) is 18.7 Å².